The van der Waals surface area contributed by atoms with E-state index in [4.69, 9.17) is 0 Å². The van der Waals surface area contributed by atoms with Crippen molar-refractivity contribution < 1.29 is 0 Å². The first-order valence-corrected chi connectivity index (χ1v) is 4.07. The Balaban J connectivity index is 4.27. The fourth-order valence-electron chi connectivity index (χ4n) is 1.18. The summed E-state index contributed by atoms with van der Waals surface area (Å²) in [7, 11) is 0. The lowest BCUT2D eigenvalue weighted by molar-refractivity contribution is 0.956. The molecule has 0 saturated carbocycles. The zero-order valence-corrected chi connectivity index (χ0v) is 7.57. The molecule has 0 heteroatoms. The first kappa shape index (κ1) is 9.48. The fraction of sp³-hybridized carbons (Fsp3) is 0.600. The number of allylic oxidation sites excluding steroid dienone is 4. The summed E-state index contributed by atoms with van der Waals surface area (Å²) in [6.45, 7) is 8.67. The minimum absolute atomic E-state index is 1.19. The SMILES string of the molecule is CC=CC(C)=C(CC)CC. The zero-order chi connectivity index (χ0) is 7.98. The van der Waals surface area contributed by atoms with Gasteiger partial charge in [-0.1, -0.05) is 37.1 Å². The van der Waals surface area contributed by atoms with Gasteiger partial charge in [0.25, 0.3) is 0 Å². The largest absolute Gasteiger partial charge is 0.0874 e. The monoisotopic (exact) mass is 138 g/mol. The molecular formula is C10H18. The number of rotatable bonds is 3. The predicted octanol–water partition coefficient (Wildman–Crippen LogP) is 3.70. The molecule has 0 fully saturated rings. The summed E-state index contributed by atoms with van der Waals surface area (Å²) in [5.74, 6) is 0. The van der Waals surface area contributed by atoms with Crippen LogP contribution in [0.15, 0.2) is 23.3 Å². The third kappa shape index (κ3) is 2.86. The normalized spacial score (nSPS) is 10.4. The maximum atomic E-state index is 2.21. The maximum Gasteiger partial charge on any atom is -0.0343 e. The molecule has 0 aliphatic rings. The molecule has 0 N–H and O–H groups in total. The van der Waals surface area contributed by atoms with Gasteiger partial charge in [-0.25, -0.2) is 0 Å². The van der Waals surface area contributed by atoms with E-state index >= 15 is 0 Å². The van der Waals surface area contributed by atoms with Gasteiger partial charge >= 0.3 is 0 Å². The van der Waals surface area contributed by atoms with Gasteiger partial charge in [0.15, 0.2) is 0 Å². The van der Waals surface area contributed by atoms with Crippen LogP contribution in [0.1, 0.15) is 40.5 Å². The van der Waals surface area contributed by atoms with E-state index in [-0.39, 0.29) is 0 Å². The summed E-state index contributed by atoms with van der Waals surface area (Å²) in [6, 6.07) is 0. The van der Waals surface area contributed by atoms with Crippen molar-refractivity contribution >= 4 is 0 Å². The van der Waals surface area contributed by atoms with Crippen LogP contribution in [0.25, 0.3) is 0 Å². The molecule has 0 aromatic carbocycles. The second kappa shape index (κ2) is 5.28. The Labute approximate surface area is 64.6 Å². The molecule has 0 amide bonds. The molecule has 0 atom stereocenters. The molecule has 0 radical (unpaired) electrons. The van der Waals surface area contributed by atoms with Crippen molar-refractivity contribution in [3.05, 3.63) is 23.3 Å². The highest BCUT2D eigenvalue weighted by atomic mass is 14.0. The summed E-state index contributed by atoms with van der Waals surface area (Å²) in [4.78, 5) is 0. The lowest BCUT2D eigenvalue weighted by Crippen LogP contribution is -1.81. The standard InChI is InChI=1S/C10H18/c1-5-8-9(4)10(6-2)7-3/h5,8H,6-7H2,1-4H3. The lowest BCUT2D eigenvalue weighted by Gasteiger charge is -2.02. The molecule has 0 aromatic rings. The minimum atomic E-state index is 1.19. The fourth-order valence-corrected chi connectivity index (χ4v) is 1.18. The first-order chi connectivity index (χ1) is 4.76. The van der Waals surface area contributed by atoms with Gasteiger partial charge in [0.2, 0.25) is 0 Å². The maximum absolute atomic E-state index is 2.21. The van der Waals surface area contributed by atoms with E-state index in [1.54, 1.807) is 5.57 Å². The Morgan fingerprint density at radius 2 is 1.70 bits per heavy atom. The van der Waals surface area contributed by atoms with Gasteiger partial charge in [0, 0.05) is 0 Å². The van der Waals surface area contributed by atoms with Gasteiger partial charge in [0.05, 0.1) is 0 Å². The molecule has 0 spiro atoms. The average molecular weight is 138 g/mol. The molecule has 0 rings (SSSR count). The van der Waals surface area contributed by atoms with Crippen LogP contribution in [0, 0.1) is 0 Å². The van der Waals surface area contributed by atoms with Crippen LogP contribution in [0.4, 0.5) is 0 Å². The second-order valence-corrected chi connectivity index (χ2v) is 2.49. The summed E-state index contributed by atoms with van der Waals surface area (Å²) < 4.78 is 0. The molecule has 0 bridgehead atoms. The van der Waals surface area contributed by atoms with E-state index in [9.17, 15) is 0 Å². The van der Waals surface area contributed by atoms with Gasteiger partial charge in [-0.15, -0.1) is 0 Å². The van der Waals surface area contributed by atoms with Crippen molar-refractivity contribution in [3.63, 3.8) is 0 Å². The summed E-state index contributed by atoms with van der Waals surface area (Å²) >= 11 is 0. The Morgan fingerprint density at radius 1 is 1.20 bits per heavy atom. The van der Waals surface area contributed by atoms with Gasteiger partial charge in [-0.3, -0.25) is 0 Å². The first-order valence-electron chi connectivity index (χ1n) is 4.07. The van der Waals surface area contributed by atoms with Crippen LogP contribution in [-0.2, 0) is 0 Å². The van der Waals surface area contributed by atoms with E-state index in [1.807, 2.05) is 0 Å². The Kier molecular flexibility index (Phi) is 5.00. The molecule has 0 aliphatic heterocycles. The van der Waals surface area contributed by atoms with Crippen LogP contribution < -0.4 is 0 Å². The van der Waals surface area contributed by atoms with Crippen molar-refractivity contribution in [2.45, 2.75) is 40.5 Å². The summed E-state index contributed by atoms with van der Waals surface area (Å²) in [5, 5.41) is 0. The quantitative estimate of drug-likeness (QED) is 0.522. The number of hydrogen-bond acceptors (Lipinski definition) is 0. The van der Waals surface area contributed by atoms with Crippen LogP contribution in [0.3, 0.4) is 0 Å². The van der Waals surface area contributed by atoms with Crippen LogP contribution in [0.2, 0.25) is 0 Å². The highest BCUT2D eigenvalue weighted by Crippen LogP contribution is 2.12. The molecule has 0 aromatic heterocycles. The van der Waals surface area contributed by atoms with E-state index < -0.39 is 0 Å². The highest BCUT2D eigenvalue weighted by Gasteiger charge is 1.92. The average Bonchev–Trinajstić information content (AvgIpc) is 1.91. The predicted molar refractivity (Wildman–Crippen MR) is 48.1 cm³/mol. The summed E-state index contributed by atoms with van der Waals surface area (Å²) in [5.41, 5.74) is 3.01. The zero-order valence-electron chi connectivity index (χ0n) is 7.57. The van der Waals surface area contributed by atoms with Crippen molar-refractivity contribution in [1.82, 2.24) is 0 Å². The van der Waals surface area contributed by atoms with Crippen LogP contribution in [0.5, 0.6) is 0 Å². The second-order valence-electron chi connectivity index (χ2n) is 2.49. The Hall–Kier alpha value is -0.520. The smallest absolute Gasteiger partial charge is 0.0343 e. The number of hydrogen-bond donors (Lipinski definition) is 0. The van der Waals surface area contributed by atoms with Gasteiger partial charge in [0.1, 0.15) is 0 Å². The highest BCUT2D eigenvalue weighted by molar-refractivity contribution is 5.22. The molecule has 0 nitrogen and oxygen atoms in total. The Morgan fingerprint density at radius 3 is 2.00 bits per heavy atom. The molecule has 10 heavy (non-hydrogen) atoms. The molecule has 0 aliphatic carbocycles. The van der Waals surface area contributed by atoms with Crippen molar-refractivity contribution in [2.24, 2.45) is 0 Å². The molecule has 0 saturated heterocycles. The Bertz CT molecular complexity index is 132. The lowest BCUT2D eigenvalue weighted by atomic mass is 10.0. The third-order valence-electron chi connectivity index (χ3n) is 1.83. The summed E-state index contributed by atoms with van der Waals surface area (Å²) in [6.07, 6.45) is 6.66. The molecule has 0 unspecified atom stereocenters. The van der Waals surface area contributed by atoms with Gasteiger partial charge in [-0.2, -0.15) is 0 Å². The van der Waals surface area contributed by atoms with E-state index in [2.05, 4.69) is 39.8 Å². The molecular weight excluding hydrogens is 120 g/mol. The van der Waals surface area contributed by atoms with Crippen molar-refractivity contribution in [3.8, 4) is 0 Å². The molecule has 0 heterocycles. The van der Waals surface area contributed by atoms with Crippen molar-refractivity contribution in [1.29, 1.82) is 0 Å². The minimum Gasteiger partial charge on any atom is -0.0874 e. The van der Waals surface area contributed by atoms with Gasteiger partial charge in [-0.05, 0) is 26.7 Å². The van der Waals surface area contributed by atoms with Crippen molar-refractivity contribution in [2.75, 3.05) is 0 Å². The van der Waals surface area contributed by atoms with E-state index in [0.717, 1.165) is 0 Å². The third-order valence-corrected chi connectivity index (χ3v) is 1.83. The van der Waals surface area contributed by atoms with E-state index in [0.29, 0.717) is 0 Å². The van der Waals surface area contributed by atoms with Gasteiger partial charge < -0.3 is 0 Å². The van der Waals surface area contributed by atoms with Crippen LogP contribution >= 0.6 is 0 Å². The van der Waals surface area contributed by atoms with Crippen LogP contribution in [-0.4, -0.2) is 0 Å². The topological polar surface area (TPSA) is 0 Å². The van der Waals surface area contributed by atoms with E-state index in [1.165, 1.54) is 18.4 Å². The molecule has 58 valence electrons.